The highest BCUT2D eigenvalue weighted by Crippen LogP contribution is 2.15. The number of hydrogen-bond acceptors (Lipinski definition) is 3. The lowest BCUT2D eigenvalue weighted by Crippen LogP contribution is -2.05. The van der Waals surface area contributed by atoms with Crippen molar-refractivity contribution in [1.82, 2.24) is 0 Å². The average Bonchev–Trinajstić information content (AvgIpc) is 2.46. The van der Waals surface area contributed by atoms with Crippen LogP contribution < -0.4 is 4.74 Å². The number of benzene rings is 2. The van der Waals surface area contributed by atoms with E-state index < -0.39 is 0 Å². The average molecular weight is 241 g/mol. The van der Waals surface area contributed by atoms with Crippen LogP contribution in [0.5, 0.6) is 5.75 Å². The molecule has 0 aliphatic heterocycles. The number of oxime groups is 1. The van der Waals surface area contributed by atoms with Crippen LogP contribution in [0.25, 0.3) is 0 Å². The lowest BCUT2D eigenvalue weighted by atomic mass is 10.0. The van der Waals surface area contributed by atoms with Gasteiger partial charge in [0.1, 0.15) is 5.75 Å². The van der Waals surface area contributed by atoms with Crippen molar-refractivity contribution in [3.63, 3.8) is 0 Å². The van der Waals surface area contributed by atoms with Gasteiger partial charge in [0.25, 0.3) is 0 Å². The minimum Gasteiger partial charge on any atom is -0.497 e. The minimum atomic E-state index is 0.567. The van der Waals surface area contributed by atoms with E-state index in [2.05, 4.69) is 5.16 Å². The Hall–Kier alpha value is -2.29. The van der Waals surface area contributed by atoms with Crippen molar-refractivity contribution in [3.8, 4) is 5.75 Å². The number of hydrogen-bond donors (Lipinski definition) is 1. The van der Waals surface area contributed by atoms with Crippen molar-refractivity contribution in [2.75, 3.05) is 7.11 Å². The van der Waals surface area contributed by atoms with Crippen LogP contribution in [0.3, 0.4) is 0 Å². The molecule has 0 aliphatic carbocycles. The molecule has 0 spiro atoms. The lowest BCUT2D eigenvalue weighted by Gasteiger charge is -2.06. The first kappa shape index (κ1) is 12.2. The molecule has 2 aromatic carbocycles. The van der Waals surface area contributed by atoms with Gasteiger partial charge >= 0.3 is 0 Å². The molecule has 3 heteroatoms. The Morgan fingerprint density at radius 3 is 2.56 bits per heavy atom. The zero-order valence-corrected chi connectivity index (χ0v) is 10.2. The van der Waals surface area contributed by atoms with Crippen LogP contribution in [0.1, 0.15) is 11.1 Å². The first-order valence-corrected chi connectivity index (χ1v) is 5.73. The first-order valence-electron chi connectivity index (χ1n) is 5.73. The fourth-order valence-electron chi connectivity index (χ4n) is 1.80. The molecule has 0 fully saturated rings. The van der Waals surface area contributed by atoms with Gasteiger partial charge in [-0.3, -0.25) is 0 Å². The SMILES string of the molecule is COc1cccc(C/C(=N/O)c2ccccc2)c1. The highest BCUT2D eigenvalue weighted by molar-refractivity contribution is 6.01. The van der Waals surface area contributed by atoms with Crippen LogP contribution in [0.4, 0.5) is 0 Å². The molecule has 2 aromatic rings. The molecule has 92 valence electrons. The second-order valence-corrected chi connectivity index (χ2v) is 3.94. The van der Waals surface area contributed by atoms with Crippen molar-refractivity contribution < 1.29 is 9.94 Å². The third-order valence-electron chi connectivity index (χ3n) is 2.73. The number of ether oxygens (including phenoxy) is 1. The summed E-state index contributed by atoms with van der Waals surface area (Å²) in [5, 5.41) is 12.5. The molecule has 0 atom stereocenters. The van der Waals surface area contributed by atoms with Gasteiger partial charge in [0.15, 0.2) is 0 Å². The van der Waals surface area contributed by atoms with Gasteiger partial charge in [-0.15, -0.1) is 0 Å². The third-order valence-corrected chi connectivity index (χ3v) is 2.73. The second kappa shape index (κ2) is 5.87. The summed E-state index contributed by atoms with van der Waals surface area (Å²) in [7, 11) is 1.64. The van der Waals surface area contributed by atoms with Crippen molar-refractivity contribution >= 4 is 5.71 Å². The van der Waals surface area contributed by atoms with Gasteiger partial charge < -0.3 is 9.94 Å². The predicted molar refractivity (Wildman–Crippen MR) is 71.5 cm³/mol. The molecule has 0 saturated heterocycles. The van der Waals surface area contributed by atoms with Crippen LogP contribution in [0.15, 0.2) is 59.8 Å². The predicted octanol–water partition coefficient (Wildman–Crippen LogP) is 3.12. The summed E-state index contributed by atoms with van der Waals surface area (Å²) in [4.78, 5) is 0. The van der Waals surface area contributed by atoms with Crippen LogP contribution >= 0.6 is 0 Å². The van der Waals surface area contributed by atoms with Crippen molar-refractivity contribution in [2.24, 2.45) is 5.16 Å². The monoisotopic (exact) mass is 241 g/mol. The van der Waals surface area contributed by atoms with Crippen LogP contribution in [0, 0.1) is 0 Å². The van der Waals surface area contributed by atoms with E-state index in [1.165, 1.54) is 0 Å². The maximum absolute atomic E-state index is 9.12. The molecule has 0 bridgehead atoms. The van der Waals surface area contributed by atoms with E-state index in [-0.39, 0.29) is 0 Å². The van der Waals surface area contributed by atoms with Gasteiger partial charge in [-0.25, -0.2) is 0 Å². The summed E-state index contributed by atoms with van der Waals surface area (Å²) in [6.45, 7) is 0. The number of nitrogens with zero attached hydrogens (tertiary/aromatic N) is 1. The Bertz CT molecular complexity index is 535. The highest BCUT2D eigenvalue weighted by Gasteiger charge is 2.06. The van der Waals surface area contributed by atoms with Gasteiger partial charge in [-0.2, -0.15) is 0 Å². The van der Waals surface area contributed by atoms with Crippen molar-refractivity contribution in [1.29, 1.82) is 0 Å². The molecule has 0 heterocycles. The summed E-state index contributed by atoms with van der Waals surface area (Å²) in [5.74, 6) is 0.804. The molecule has 0 unspecified atom stereocenters. The molecule has 18 heavy (non-hydrogen) atoms. The molecule has 0 aromatic heterocycles. The zero-order valence-electron chi connectivity index (χ0n) is 10.2. The van der Waals surface area contributed by atoms with E-state index in [4.69, 9.17) is 9.94 Å². The Balaban J connectivity index is 2.21. The summed E-state index contributed by atoms with van der Waals surface area (Å²) in [6.07, 6.45) is 0.567. The van der Waals surface area contributed by atoms with E-state index in [1.807, 2.05) is 54.6 Å². The largest absolute Gasteiger partial charge is 0.497 e. The second-order valence-electron chi connectivity index (χ2n) is 3.94. The molecular weight excluding hydrogens is 226 g/mol. The summed E-state index contributed by atoms with van der Waals surface area (Å²) < 4.78 is 5.17. The maximum Gasteiger partial charge on any atom is 0.119 e. The Morgan fingerprint density at radius 2 is 1.89 bits per heavy atom. The van der Waals surface area contributed by atoms with Gasteiger partial charge in [0, 0.05) is 6.42 Å². The fourth-order valence-corrected chi connectivity index (χ4v) is 1.80. The zero-order chi connectivity index (χ0) is 12.8. The van der Waals surface area contributed by atoms with E-state index in [1.54, 1.807) is 7.11 Å². The van der Waals surface area contributed by atoms with Crippen LogP contribution in [-0.2, 0) is 6.42 Å². The summed E-state index contributed by atoms with van der Waals surface area (Å²) in [6, 6.07) is 17.4. The van der Waals surface area contributed by atoms with Gasteiger partial charge in [0.05, 0.1) is 12.8 Å². The molecule has 0 amide bonds. The molecule has 0 radical (unpaired) electrons. The highest BCUT2D eigenvalue weighted by atomic mass is 16.5. The number of methoxy groups -OCH3 is 1. The normalized spacial score (nSPS) is 11.3. The standard InChI is InChI=1S/C15H15NO2/c1-18-14-9-5-6-12(10-14)11-15(16-17)13-7-3-2-4-8-13/h2-10,17H,11H2,1H3/b16-15-. The third kappa shape index (κ3) is 2.88. The first-order chi connectivity index (χ1) is 8.83. The quantitative estimate of drug-likeness (QED) is 0.507. The smallest absolute Gasteiger partial charge is 0.119 e. The van der Waals surface area contributed by atoms with Gasteiger partial charge in [0.2, 0.25) is 0 Å². The molecule has 1 N–H and O–H groups in total. The maximum atomic E-state index is 9.12. The Morgan fingerprint density at radius 1 is 1.11 bits per heavy atom. The van der Waals surface area contributed by atoms with E-state index in [9.17, 15) is 0 Å². The molecule has 0 saturated carbocycles. The van der Waals surface area contributed by atoms with Crippen LogP contribution in [0.2, 0.25) is 0 Å². The molecular formula is C15H15NO2. The van der Waals surface area contributed by atoms with Gasteiger partial charge in [-0.1, -0.05) is 47.6 Å². The summed E-state index contributed by atoms with van der Waals surface area (Å²) in [5.41, 5.74) is 2.61. The van der Waals surface area contributed by atoms with Crippen LogP contribution in [-0.4, -0.2) is 18.0 Å². The molecule has 2 rings (SSSR count). The van der Waals surface area contributed by atoms with E-state index >= 15 is 0 Å². The molecule has 0 aliphatic rings. The summed E-state index contributed by atoms with van der Waals surface area (Å²) >= 11 is 0. The van der Waals surface area contributed by atoms with Crippen molar-refractivity contribution in [2.45, 2.75) is 6.42 Å². The fraction of sp³-hybridized carbons (Fsp3) is 0.133. The lowest BCUT2D eigenvalue weighted by molar-refractivity contribution is 0.318. The minimum absolute atomic E-state index is 0.567. The van der Waals surface area contributed by atoms with E-state index in [0.29, 0.717) is 12.1 Å². The Kier molecular flexibility index (Phi) is 3.97. The number of rotatable bonds is 4. The Labute approximate surface area is 106 Å². The van der Waals surface area contributed by atoms with E-state index in [0.717, 1.165) is 16.9 Å². The van der Waals surface area contributed by atoms with Crippen molar-refractivity contribution in [3.05, 3.63) is 65.7 Å². The topological polar surface area (TPSA) is 41.8 Å². The van der Waals surface area contributed by atoms with Gasteiger partial charge in [-0.05, 0) is 23.3 Å². The molecule has 3 nitrogen and oxygen atoms in total.